The van der Waals surface area contributed by atoms with Crippen molar-refractivity contribution in [1.82, 2.24) is 0 Å². The number of hydrogen-bond acceptors (Lipinski definition) is 1. The molecule has 4 aliphatic rings. The molecule has 3 fully saturated rings. The Balaban J connectivity index is 1.51. The van der Waals surface area contributed by atoms with E-state index in [4.69, 9.17) is 0 Å². The Morgan fingerprint density at radius 3 is 2.42 bits per heavy atom. The Kier molecular flexibility index (Phi) is 6.59. The molecule has 1 nitrogen and oxygen atoms in total. The van der Waals surface area contributed by atoms with Crippen LogP contribution in [0.15, 0.2) is 23.3 Å². The van der Waals surface area contributed by atoms with Crippen LogP contribution in [-0.4, -0.2) is 11.2 Å². The van der Waals surface area contributed by atoms with E-state index in [0.717, 1.165) is 30.1 Å². The number of rotatable bonds is 5. The van der Waals surface area contributed by atoms with Gasteiger partial charge >= 0.3 is 0 Å². The van der Waals surface area contributed by atoms with E-state index < -0.39 is 0 Å². The van der Waals surface area contributed by atoms with Gasteiger partial charge < -0.3 is 5.11 Å². The molecule has 9 atom stereocenters. The molecule has 0 bridgehead atoms. The Labute approximate surface area is 193 Å². The third-order valence-electron chi connectivity index (χ3n) is 11.3. The molecule has 176 valence electrons. The molecule has 0 aliphatic heterocycles. The van der Waals surface area contributed by atoms with Crippen LogP contribution in [0.1, 0.15) is 106 Å². The van der Waals surface area contributed by atoms with Crippen LogP contribution in [0.5, 0.6) is 0 Å². The van der Waals surface area contributed by atoms with Gasteiger partial charge in [0.25, 0.3) is 0 Å². The Hall–Kier alpha value is -0.560. The maximum atomic E-state index is 10.5. The molecule has 0 aromatic rings. The number of aliphatic hydroxyl groups excluding tert-OH is 1. The first-order valence-electron chi connectivity index (χ1n) is 13.7. The Bertz CT molecular complexity index is 716. The van der Waals surface area contributed by atoms with Gasteiger partial charge in [0.1, 0.15) is 0 Å². The summed E-state index contributed by atoms with van der Waals surface area (Å²) in [6, 6.07) is 0. The van der Waals surface area contributed by atoms with Gasteiger partial charge in [-0.1, -0.05) is 64.8 Å². The van der Waals surface area contributed by atoms with Crippen molar-refractivity contribution in [2.45, 2.75) is 112 Å². The highest BCUT2D eigenvalue weighted by Gasteiger charge is 2.59. The maximum Gasteiger partial charge on any atom is 0.0568 e. The summed E-state index contributed by atoms with van der Waals surface area (Å²) in [5.74, 6) is 5.16. The fourth-order valence-electron chi connectivity index (χ4n) is 9.28. The molecule has 0 aromatic carbocycles. The van der Waals surface area contributed by atoms with Gasteiger partial charge in [-0.05, 0) is 117 Å². The smallest absolute Gasteiger partial charge is 0.0568 e. The van der Waals surface area contributed by atoms with E-state index in [-0.39, 0.29) is 6.10 Å². The average molecular weight is 427 g/mol. The van der Waals surface area contributed by atoms with Gasteiger partial charge in [0, 0.05) is 0 Å². The summed E-state index contributed by atoms with van der Waals surface area (Å²) in [6.45, 7) is 17.1. The topological polar surface area (TPSA) is 20.2 Å². The molecule has 3 saturated carbocycles. The fraction of sp³-hybridized carbons (Fsp3) is 0.867. The zero-order chi connectivity index (χ0) is 22.6. The molecule has 0 aromatic heterocycles. The molecule has 2 unspecified atom stereocenters. The zero-order valence-electron chi connectivity index (χ0n) is 21.6. The first-order chi connectivity index (χ1) is 14.6. The van der Waals surface area contributed by atoms with Crippen molar-refractivity contribution in [3.05, 3.63) is 23.3 Å². The monoisotopic (exact) mass is 426 g/mol. The second-order valence-corrected chi connectivity index (χ2v) is 12.9. The number of aliphatic hydroxyl groups is 1. The highest BCUT2D eigenvalue weighted by Crippen LogP contribution is 2.67. The van der Waals surface area contributed by atoms with Crippen LogP contribution < -0.4 is 0 Å². The molecule has 31 heavy (non-hydrogen) atoms. The predicted octanol–water partition coefficient (Wildman–Crippen LogP) is 8.19. The number of fused-ring (bicyclic) bond motifs is 5. The maximum absolute atomic E-state index is 10.5. The van der Waals surface area contributed by atoms with Crippen molar-refractivity contribution in [2.75, 3.05) is 0 Å². The largest absolute Gasteiger partial charge is 0.393 e. The average Bonchev–Trinajstić information content (AvgIpc) is 3.08. The van der Waals surface area contributed by atoms with Crippen LogP contribution in [0.2, 0.25) is 0 Å². The lowest BCUT2D eigenvalue weighted by molar-refractivity contribution is -0.0773. The van der Waals surface area contributed by atoms with Crippen molar-refractivity contribution >= 4 is 0 Å². The zero-order valence-corrected chi connectivity index (χ0v) is 21.6. The van der Waals surface area contributed by atoms with E-state index >= 15 is 0 Å². The molecule has 0 saturated heterocycles. The summed E-state index contributed by atoms with van der Waals surface area (Å²) in [4.78, 5) is 0. The summed E-state index contributed by atoms with van der Waals surface area (Å²) in [5.41, 5.74) is 4.45. The SMILES string of the molecule is C/C=C(/CC[C@@H](C)[C@H]1CCC2C3=CC[C@H]4[C@H](C)[C@@H](O)CC[C@]4(C)C3CC[C@@]21C)C(C)C. The summed E-state index contributed by atoms with van der Waals surface area (Å²) >= 11 is 0. The summed E-state index contributed by atoms with van der Waals surface area (Å²) in [5, 5.41) is 10.5. The summed E-state index contributed by atoms with van der Waals surface area (Å²) in [7, 11) is 0. The highest BCUT2D eigenvalue weighted by molar-refractivity contribution is 5.28. The molecular weight excluding hydrogens is 376 g/mol. The van der Waals surface area contributed by atoms with Crippen molar-refractivity contribution in [3.8, 4) is 0 Å². The lowest BCUT2D eigenvalue weighted by atomic mass is 9.46. The lowest BCUT2D eigenvalue weighted by Crippen LogP contribution is -2.52. The van der Waals surface area contributed by atoms with Crippen LogP contribution >= 0.6 is 0 Å². The normalized spacial score (nSPS) is 46.2. The van der Waals surface area contributed by atoms with E-state index in [0.29, 0.717) is 28.6 Å². The molecule has 4 rings (SSSR count). The third kappa shape index (κ3) is 3.79. The molecular formula is C30H50O. The molecule has 1 heteroatoms. The fourth-order valence-corrected chi connectivity index (χ4v) is 9.28. The van der Waals surface area contributed by atoms with E-state index in [1.54, 1.807) is 5.57 Å². The summed E-state index contributed by atoms with van der Waals surface area (Å²) in [6.07, 6.45) is 16.8. The van der Waals surface area contributed by atoms with Gasteiger partial charge in [-0.2, -0.15) is 0 Å². The van der Waals surface area contributed by atoms with Crippen LogP contribution in [0.4, 0.5) is 0 Å². The van der Waals surface area contributed by atoms with Gasteiger partial charge in [0.15, 0.2) is 0 Å². The molecule has 0 radical (unpaired) electrons. The minimum absolute atomic E-state index is 0.0773. The van der Waals surface area contributed by atoms with Gasteiger partial charge in [-0.15, -0.1) is 0 Å². The van der Waals surface area contributed by atoms with Crippen LogP contribution in [0, 0.1) is 52.3 Å². The van der Waals surface area contributed by atoms with Gasteiger partial charge in [0.05, 0.1) is 6.10 Å². The van der Waals surface area contributed by atoms with E-state index in [2.05, 4.69) is 60.6 Å². The molecule has 4 aliphatic carbocycles. The van der Waals surface area contributed by atoms with E-state index in [1.807, 2.05) is 5.57 Å². The second kappa shape index (κ2) is 8.66. The van der Waals surface area contributed by atoms with Crippen LogP contribution in [-0.2, 0) is 0 Å². The predicted molar refractivity (Wildman–Crippen MR) is 133 cm³/mol. The minimum atomic E-state index is -0.0773. The number of allylic oxidation sites excluding steroid dienone is 4. The van der Waals surface area contributed by atoms with Gasteiger partial charge in [0.2, 0.25) is 0 Å². The number of hydrogen-bond donors (Lipinski definition) is 1. The first-order valence-corrected chi connectivity index (χ1v) is 13.7. The van der Waals surface area contributed by atoms with E-state index in [9.17, 15) is 5.11 Å². The standard InChI is InChI=1S/C30H50O/c1-8-22(19(2)3)10-9-20(4)24-13-14-26-23-11-12-25-21(5)28(31)16-18-30(25,7)27(23)15-17-29(24,26)6/h8,11,19-21,24-28,31H,9-10,12-18H2,1-7H3/b22-8-/t20-,21+,24-,25+,26?,27?,28+,29-,30+/m1/s1. The Morgan fingerprint density at radius 2 is 1.74 bits per heavy atom. The third-order valence-corrected chi connectivity index (χ3v) is 11.3. The molecule has 1 N–H and O–H groups in total. The van der Waals surface area contributed by atoms with Crippen LogP contribution in [0.25, 0.3) is 0 Å². The van der Waals surface area contributed by atoms with Gasteiger partial charge in [-0.25, -0.2) is 0 Å². The molecule has 0 heterocycles. The second-order valence-electron chi connectivity index (χ2n) is 12.9. The van der Waals surface area contributed by atoms with Crippen molar-refractivity contribution in [3.63, 3.8) is 0 Å². The molecule has 0 amide bonds. The van der Waals surface area contributed by atoms with E-state index in [1.165, 1.54) is 51.4 Å². The van der Waals surface area contributed by atoms with Crippen LogP contribution in [0.3, 0.4) is 0 Å². The summed E-state index contributed by atoms with van der Waals surface area (Å²) < 4.78 is 0. The quantitative estimate of drug-likeness (QED) is 0.439. The lowest BCUT2D eigenvalue weighted by Gasteiger charge is -2.59. The Morgan fingerprint density at radius 1 is 1.06 bits per heavy atom. The highest BCUT2D eigenvalue weighted by atomic mass is 16.3. The van der Waals surface area contributed by atoms with Gasteiger partial charge in [-0.3, -0.25) is 0 Å². The van der Waals surface area contributed by atoms with Crippen molar-refractivity contribution < 1.29 is 5.11 Å². The molecule has 0 spiro atoms. The van der Waals surface area contributed by atoms with Crippen molar-refractivity contribution in [1.29, 1.82) is 0 Å². The minimum Gasteiger partial charge on any atom is -0.393 e. The first kappa shape index (κ1) is 23.6. The van der Waals surface area contributed by atoms with Crippen molar-refractivity contribution in [2.24, 2.45) is 52.3 Å².